The Labute approximate surface area is 93.9 Å². The van der Waals surface area contributed by atoms with E-state index in [-0.39, 0.29) is 5.41 Å². The maximum absolute atomic E-state index is 6.10. The van der Waals surface area contributed by atoms with E-state index in [0.29, 0.717) is 0 Å². The second-order valence-corrected chi connectivity index (χ2v) is 6.16. The summed E-state index contributed by atoms with van der Waals surface area (Å²) in [5.74, 6) is 0. The van der Waals surface area contributed by atoms with E-state index in [9.17, 15) is 0 Å². The fourth-order valence-corrected chi connectivity index (χ4v) is 3.37. The zero-order chi connectivity index (χ0) is 10.1. The van der Waals surface area contributed by atoms with Crippen LogP contribution in [0.3, 0.4) is 0 Å². The highest BCUT2D eigenvalue weighted by molar-refractivity contribution is 7.20. The van der Waals surface area contributed by atoms with Crippen molar-refractivity contribution >= 4 is 34.5 Å². The van der Waals surface area contributed by atoms with E-state index in [1.165, 1.54) is 16.9 Å². The zero-order valence-electron chi connectivity index (χ0n) is 8.16. The molecule has 13 heavy (non-hydrogen) atoms. The van der Waals surface area contributed by atoms with Gasteiger partial charge in [0.05, 0.1) is 8.67 Å². The molecule has 0 atom stereocenters. The van der Waals surface area contributed by atoms with Crippen LogP contribution >= 0.6 is 34.5 Å². The zero-order valence-corrected chi connectivity index (χ0v) is 10.5. The molecule has 0 aliphatic carbocycles. The van der Waals surface area contributed by atoms with Gasteiger partial charge in [-0.1, -0.05) is 50.4 Å². The minimum absolute atomic E-state index is 0.148. The Kier molecular flexibility index (Phi) is 3.67. The summed E-state index contributed by atoms with van der Waals surface area (Å²) in [6, 6.07) is 1.99. The summed E-state index contributed by atoms with van der Waals surface area (Å²) in [6.45, 7) is 6.60. The molecule has 0 unspecified atom stereocenters. The minimum atomic E-state index is 0.148. The van der Waals surface area contributed by atoms with Crippen molar-refractivity contribution in [3.63, 3.8) is 0 Å². The van der Waals surface area contributed by atoms with Gasteiger partial charge in [-0.15, -0.1) is 11.3 Å². The van der Waals surface area contributed by atoms with E-state index in [0.717, 1.165) is 21.5 Å². The SMILES string of the molecule is CCCC(C)(C)c1cc(Cl)sc1Cl. The summed E-state index contributed by atoms with van der Waals surface area (Å²) in [7, 11) is 0. The molecule has 0 saturated carbocycles. The Morgan fingerprint density at radius 2 is 2.00 bits per heavy atom. The van der Waals surface area contributed by atoms with Gasteiger partial charge in [-0.05, 0) is 23.5 Å². The quantitative estimate of drug-likeness (QED) is 0.683. The molecule has 0 amide bonds. The topological polar surface area (TPSA) is 0 Å². The standard InChI is InChI=1S/C10H14Cl2S/c1-4-5-10(2,3)7-6-8(11)13-9(7)12/h6H,4-5H2,1-3H3. The Bertz CT molecular complexity index is 289. The van der Waals surface area contributed by atoms with Crippen LogP contribution in [0, 0.1) is 0 Å². The van der Waals surface area contributed by atoms with Crippen molar-refractivity contribution in [2.75, 3.05) is 0 Å². The van der Waals surface area contributed by atoms with Crippen LogP contribution in [0.4, 0.5) is 0 Å². The van der Waals surface area contributed by atoms with Gasteiger partial charge in [-0.2, -0.15) is 0 Å². The first-order valence-electron chi connectivity index (χ1n) is 4.42. The molecule has 0 bridgehead atoms. The van der Waals surface area contributed by atoms with Crippen molar-refractivity contribution in [2.45, 2.75) is 39.0 Å². The summed E-state index contributed by atoms with van der Waals surface area (Å²) >= 11 is 13.5. The molecule has 74 valence electrons. The maximum atomic E-state index is 6.10. The predicted octanol–water partition coefficient (Wildman–Crippen LogP) is 5.13. The lowest BCUT2D eigenvalue weighted by Gasteiger charge is -2.23. The van der Waals surface area contributed by atoms with Crippen LogP contribution in [0.1, 0.15) is 39.2 Å². The summed E-state index contributed by atoms with van der Waals surface area (Å²) in [4.78, 5) is 0. The van der Waals surface area contributed by atoms with Gasteiger partial charge in [-0.25, -0.2) is 0 Å². The molecule has 0 N–H and O–H groups in total. The monoisotopic (exact) mass is 236 g/mol. The smallest absolute Gasteiger partial charge is 0.0981 e. The molecule has 1 heterocycles. The molecular formula is C10H14Cl2S. The van der Waals surface area contributed by atoms with Crippen LogP contribution in [0.5, 0.6) is 0 Å². The summed E-state index contributed by atoms with van der Waals surface area (Å²) in [5.41, 5.74) is 1.33. The number of hydrogen-bond acceptors (Lipinski definition) is 1. The normalized spacial score (nSPS) is 12.1. The largest absolute Gasteiger partial charge is 0.111 e. The van der Waals surface area contributed by atoms with Gasteiger partial charge < -0.3 is 0 Å². The molecule has 0 aliphatic heterocycles. The van der Waals surface area contributed by atoms with E-state index in [4.69, 9.17) is 23.2 Å². The third-order valence-electron chi connectivity index (χ3n) is 2.26. The average molecular weight is 237 g/mol. The van der Waals surface area contributed by atoms with Gasteiger partial charge in [0.1, 0.15) is 0 Å². The van der Waals surface area contributed by atoms with Crippen molar-refractivity contribution in [1.82, 2.24) is 0 Å². The molecule has 1 aromatic heterocycles. The van der Waals surface area contributed by atoms with Gasteiger partial charge in [0.15, 0.2) is 0 Å². The van der Waals surface area contributed by atoms with E-state index < -0.39 is 0 Å². The first kappa shape index (κ1) is 11.4. The van der Waals surface area contributed by atoms with Crippen LogP contribution in [-0.2, 0) is 5.41 Å². The fraction of sp³-hybridized carbons (Fsp3) is 0.600. The molecule has 0 saturated heterocycles. The Hall–Kier alpha value is 0.280. The Morgan fingerprint density at radius 3 is 2.38 bits per heavy atom. The second-order valence-electron chi connectivity index (χ2n) is 3.87. The van der Waals surface area contributed by atoms with Crippen LogP contribution in [0.25, 0.3) is 0 Å². The van der Waals surface area contributed by atoms with Crippen LogP contribution in [-0.4, -0.2) is 0 Å². The van der Waals surface area contributed by atoms with Crippen molar-refractivity contribution in [2.24, 2.45) is 0 Å². The average Bonchev–Trinajstić information content (AvgIpc) is 2.30. The number of halogens is 2. The summed E-state index contributed by atoms with van der Waals surface area (Å²) in [5, 5.41) is 0. The molecular weight excluding hydrogens is 223 g/mol. The Morgan fingerprint density at radius 1 is 1.38 bits per heavy atom. The van der Waals surface area contributed by atoms with Gasteiger partial charge >= 0.3 is 0 Å². The summed E-state index contributed by atoms with van der Waals surface area (Å²) in [6.07, 6.45) is 2.30. The highest BCUT2D eigenvalue weighted by Crippen LogP contribution is 2.40. The molecule has 0 aliphatic rings. The van der Waals surface area contributed by atoms with Gasteiger partial charge in [0.25, 0.3) is 0 Å². The van der Waals surface area contributed by atoms with E-state index >= 15 is 0 Å². The number of thiophene rings is 1. The molecule has 0 aromatic carbocycles. The van der Waals surface area contributed by atoms with Crippen molar-refractivity contribution in [3.8, 4) is 0 Å². The lowest BCUT2D eigenvalue weighted by Crippen LogP contribution is -2.15. The summed E-state index contributed by atoms with van der Waals surface area (Å²) < 4.78 is 1.62. The fourth-order valence-electron chi connectivity index (χ4n) is 1.56. The molecule has 0 radical (unpaired) electrons. The molecule has 3 heteroatoms. The molecule has 0 nitrogen and oxygen atoms in total. The number of rotatable bonds is 3. The maximum Gasteiger partial charge on any atom is 0.0981 e. The second kappa shape index (κ2) is 4.20. The van der Waals surface area contributed by atoms with E-state index in [2.05, 4.69) is 20.8 Å². The molecule has 1 aromatic rings. The highest BCUT2D eigenvalue weighted by Gasteiger charge is 2.24. The first-order chi connectivity index (χ1) is 5.97. The van der Waals surface area contributed by atoms with E-state index in [1.807, 2.05) is 6.07 Å². The van der Waals surface area contributed by atoms with Crippen LogP contribution in [0.2, 0.25) is 8.67 Å². The van der Waals surface area contributed by atoms with Crippen molar-refractivity contribution in [3.05, 3.63) is 20.3 Å². The van der Waals surface area contributed by atoms with E-state index in [1.54, 1.807) is 0 Å². The van der Waals surface area contributed by atoms with Gasteiger partial charge in [0.2, 0.25) is 0 Å². The van der Waals surface area contributed by atoms with Gasteiger partial charge in [-0.3, -0.25) is 0 Å². The van der Waals surface area contributed by atoms with Gasteiger partial charge in [0, 0.05) is 0 Å². The molecule has 0 spiro atoms. The molecule has 1 rings (SSSR count). The lowest BCUT2D eigenvalue weighted by atomic mass is 9.82. The van der Waals surface area contributed by atoms with Crippen molar-refractivity contribution < 1.29 is 0 Å². The molecule has 0 fully saturated rings. The lowest BCUT2D eigenvalue weighted by molar-refractivity contribution is 0.475. The van der Waals surface area contributed by atoms with Crippen LogP contribution < -0.4 is 0 Å². The Balaban J connectivity index is 2.98. The van der Waals surface area contributed by atoms with Crippen LogP contribution in [0.15, 0.2) is 6.07 Å². The third-order valence-corrected chi connectivity index (χ3v) is 3.75. The highest BCUT2D eigenvalue weighted by atomic mass is 35.5. The predicted molar refractivity (Wildman–Crippen MR) is 62.3 cm³/mol. The minimum Gasteiger partial charge on any atom is -0.111 e. The van der Waals surface area contributed by atoms with Crippen molar-refractivity contribution in [1.29, 1.82) is 0 Å². The third kappa shape index (κ3) is 2.61. The first-order valence-corrected chi connectivity index (χ1v) is 6.00. The number of hydrogen-bond donors (Lipinski definition) is 0.